The Morgan fingerprint density at radius 2 is 1.67 bits per heavy atom. The number of nitro benzene ring substituents is 1. The van der Waals surface area contributed by atoms with E-state index in [0.717, 1.165) is 53.2 Å². The Labute approximate surface area is 263 Å². The highest BCUT2D eigenvalue weighted by atomic mass is 16.6. The van der Waals surface area contributed by atoms with Crippen LogP contribution in [0.2, 0.25) is 0 Å². The van der Waals surface area contributed by atoms with Crippen molar-refractivity contribution in [3.63, 3.8) is 0 Å². The first-order valence-electron chi connectivity index (χ1n) is 15.7. The molecule has 3 aromatic carbocycles. The molecule has 6 rings (SSSR count). The monoisotopic (exact) mass is 610 g/mol. The minimum Gasteiger partial charge on any atom is -0.494 e. The number of allylic oxidation sites excluding steroid dienone is 1. The number of hydrazone groups is 1. The van der Waals surface area contributed by atoms with Crippen LogP contribution in [0.25, 0.3) is 6.08 Å². The molecule has 0 radical (unpaired) electrons. The molecule has 45 heavy (non-hydrogen) atoms. The van der Waals surface area contributed by atoms with Gasteiger partial charge in [0.15, 0.2) is 0 Å². The van der Waals surface area contributed by atoms with Crippen molar-refractivity contribution in [3.05, 3.63) is 99.1 Å². The number of rotatable bonds is 9. The van der Waals surface area contributed by atoms with Crippen molar-refractivity contribution in [1.29, 1.82) is 0 Å². The van der Waals surface area contributed by atoms with Crippen LogP contribution in [-0.4, -0.2) is 61.1 Å². The number of morpholine rings is 1. The summed E-state index contributed by atoms with van der Waals surface area (Å²) >= 11 is 0. The van der Waals surface area contributed by atoms with Crippen molar-refractivity contribution in [2.45, 2.75) is 39.2 Å². The third-order valence-corrected chi connectivity index (χ3v) is 8.55. The fraction of sp³-hybridized carbons (Fsp3) is 0.371. The molecule has 1 saturated heterocycles. The second-order valence-electron chi connectivity index (χ2n) is 11.3. The van der Waals surface area contributed by atoms with Crippen LogP contribution >= 0.6 is 0 Å². The van der Waals surface area contributed by atoms with E-state index in [2.05, 4.69) is 6.08 Å². The van der Waals surface area contributed by atoms with Crippen LogP contribution in [0.4, 0.5) is 11.4 Å². The van der Waals surface area contributed by atoms with Gasteiger partial charge in [-0.15, -0.1) is 0 Å². The molecule has 3 aromatic rings. The number of benzene rings is 3. The van der Waals surface area contributed by atoms with E-state index < -0.39 is 4.92 Å². The average molecular weight is 611 g/mol. The second kappa shape index (κ2) is 13.5. The van der Waals surface area contributed by atoms with Gasteiger partial charge in [0.2, 0.25) is 0 Å². The summed E-state index contributed by atoms with van der Waals surface area (Å²) in [6.07, 6.45) is 4.82. The van der Waals surface area contributed by atoms with Gasteiger partial charge in [0, 0.05) is 30.6 Å². The maximum Gasteiger partial charge on any atom is 0.293 e. The largest absolute Gasteiger partial charge is 0.494 e. The lowest BCUT2D eigenvalue weighted by Gasteiger charge is -2.30. The van der Waals surface area contributed by atoms with Crippen molar-refractivity contribution in [1.82, 2.24) is 5.01 Å². The first kappa shape index (κ1) is 30.3. The van der Waals surface area contributed by atoms with Crippen LogP contribution < -0.4 is 14.4 Å². The SMILES string of the molecule is CCOc1ccc(/C=C2/CCC[C@H]3C2=NN(C(=O)c2ccc(N4CCOCC4)c([N+](=O)[O-])c2)[C@@H]3c2ccc(OCC)cc2)cc1. The number of fused-ring (bicyclic) bond motifs is 1. The molecule has 10 nitrogen and oxygen atoms in total. The molecule has 2 fully saturated rings. The highest BCUT2D eigenvalue weighted by Gasteiger charge is 2.44. The third kappa shape index (κ3) is 6.42. The van der Waals surface area contributed by atoms with E-state index in [-0.39, 0.29) is 29.1 Å². The van der Waals surface area contributed by atoms with Gasteiger partial charge in [-0.25, -0.2) is 5.01 Å². The molecule has 3 aliphatic rings. The Balaban J connectivity index is 1.38. The number of ether oxygens (including phenoxy) is 3. The summed E-state index contributed by atoms with van der Waals surface area (Å²) in [5.74, 6) is 1.19. The molecule has 2 aliphatic heterocycles. The maximum atomic E-state index is 14.3. The predicted molar refractivity (Wildman–Crippen MR) is 173 cm³/mol. The van der Waals surface area contributed by atoms with E-state index in [1.807, 2.05) is 67.3 Å². The summed E-state index contributed by atoms with van der Waals surface area (Å²) in [6, 6.07) is 20.2. The molecular weight excluding hydrogens is 572 g/mol. The lowest BCUT2D eigenvalue weighted by Crippen LogP contribution is -2.36. The molecule has 0 unspecified atom stereocenters. The molecule has 0 aromatic heterocycles. The number of amides is 1. The van der Waals surface area contributed by atoms with Gasteiger partial charge in [-0.05, 0) is 92.3 Å². The molecule has 2 heterocycles. The van der Waals surface area contributed by atoms with Gasteiger partial charge in [0.05, 0.1) is 43.1 Å². The quantitative estimate of drug-likeness (QED) is 0.197. The van der Waals surface area contributed by atoms with E-state index in [0.29, 0.717) is 45.2 Å². The molecule has 2 atom stereocenters. The highest BCUT2D eigenvalue weighted by molar-refractivity contribution is 6.09. The highest BCUT2D eigenvalue weighted by Crippen LogP contribution is 2.45. The van der Waals surface area contributed by atoms with E-state index in [9.17, 15) is 14.9 Å². The number of nitro groups is 1. The van der Waals surface area contributed by atoms with Crippen molar-refractivity contribution in [2.75, 3.05) is 44.4 Å². The number of carbonyl (C=O) groups excluding carboxylic acids is 1. The topological polar surface area (TPSA) is 107 Å². The Bertz CT molecular complexity index is 1600. The van der Waals surface area contributed by atoms with Crippen LogP contribution in [0.1, 0.15) is 60.6 Å². The summed E-state index contributed by atoms with van der Waals surface area (Å²) < 4.78 is 16.7. The minimum absolute atomic E-state index is 0.0165. The number of nitrogens with zero attached hydrogens (tertiary/aromatic N) is 4. The average Bonchev–Trinajstić information content (AvgIpc) is 3.47. The molecule has 234 valence electrons. The van der Waals surface area contributed by atoms with Crippen molar-refractivity contribution < 1.29 is 23.9 Å². The normalized spacial score (nSPS) is 20.5. The predicted octanol–water partition coefficient (Wildman–Crippen LogP) is 6.67. The molecule has 0 bridgehead atoms. The van der Waals surface area contributed by atoms with E-state index >= 15 is 0 Å². The Morgan fingerprint density at radius 3 is 2.31 bits per heavy atom. The van der Waals surface area contributed by atoms with Crippen LogP contribution in [-0.2, 0) is 4.74 Å². The summed E-state index contributed by atoms with van der Waals surface area (Å²) in [7, 11) is 0. The molecule has 0 spiro atoms. The molecule has 0 N–H and O–H groups in total. The Hall–Kier alpha value is -4.70. The Morgan fingerprint density at radius 1 is 1.00 bits per heavy atom. The van der Waals surface area contributed by atoms with E-state index in [1.54, 1.807) is 17.1 Å². The first-order valence-corrected chi connectivity index (χ1v) is 15.7. The second-order valence-corrected chi connectivity index (χ2v) is 11.3. The number of carbonyl (C=O) groups is 1. The summed E-state index contributed by atoms with van der Waals surface area (Å²) in [6.45, 7) is 7.17. The van der Waals surface area contributed by atoms with Crippen LogP contribution in [0, 0.1) is 16.0 Å². The van der Waals surface area contributed by atoms with Gasteiger partial charge in [-0.3, -0.25) is 14.9 Å². The van der Waals surface area contributed by atoms with Gasteiger partial charge in [0.25, 0.3) is 11.6 Å². The lowest BCUT2D eigenvalue weighted by molar-refractivity contribution is -0.384. The fourth-order valence-corrected chi connectivity index (χ4v) is 6.46. The van der Waals surface area contributed by atoms with Crippen LogP contribution in [0.3, 0.4) is 0 Å². The van der Waals surface area contributed by atoms with Crippen molar-refractivity contribution >= 4 is 29.1 Å². The summed E-state index contributed by atoms with van der Waals surface area (Å²) in [4.78, 5) is 28.0. The van der Waals surface area contributed by atoms with Gasteiger partial charge >= 0.3 is 0 Å². The Kier molecular flexibility index (Phi) is 9.11. The minimum atomic E-state index is -0.418. The molecule has 1 amide bonds. The fourth-order valence-electron chi connectivity index (χ4n) is 6.46. The molecule has 1 saturated carbocycles. The third-order valence-electron chi connectivity index (χ3n) is 8.55. The summed E-state index contributed by atoms with van der Waals surface area (Å²) in [5, 5.41) is 18.7. The van der Waals surface area contributed by atoms with Crippen molar-refractivity contribution in [2.24, 2.45) is 11.0 Å². The van der Waals surface area contributed by atoms with Gasteiger partial charge in [0.1, 0.15) is 17.2 Å². The van der Waals surface area contributed by atoms with Gasteiger partial charge in [-0.1, -0.05) is 24.3 Å². The zero-order valence-corrected chi connectivity index (χ0v) is 25.7. The van der Waals surface area contributed by atoms with Gasteiger partial charge in [-0.2, -0.15) is 5.10 Å². The number of anilines is 1. The van der Waals surface area contributed by atoms with Crippen molar-refractivity contribution in [3.8, 4) is 11.5 Å². The van der Waals surface area contributed by atoms with Gasteiger partial charge < -0.3 is 19.1 Å². The lowest BCUT2D eigenvalue weighted by atomic mass is 9.77. The standard InChI is InChI=1S/C35H38N4O6/c1-3-44-28-13-8-24(9-14-28)22-26-6-5-7-30-33(26)36-38(34(30)25-10-15-29(16-11-25)45-4-2)35(40)27-12-17-31(32(23-27)39(41)42)37-18-20-43-21-19-37/h8-17,22-23,30,34H,3-7,18-21H2,1-2H3/b26-22-/t30-,34+/m0/s1. The zero-order chi connectivity index (χ0) is 31.3. The molecular formula is C35H38N4O6. The van der Waals surface area contributed by atoms with E-state index in [1.165, 1.54) is 6.07 Å². The van der Waals surface area contributed by atoms with Crippen LogP contribution in [0.5, 0.6) is 11.5 Å². The summed E-state index contributed by atoms with van der Waals surface area (Å²) in [5.41, 5.74) is 4.59. The van der Waals surface area contributed by atoms with E-state index in [4.69, 9.17) is 19.3 Å². The zero-order valence-electron chi connectivity index (χ0n) is 25.7. The van der Waals surface area contributed by atoms with Crippen LogP contribution in [0.15, 0.2) is 77.4 Å². The number of hydrogen-bond acceptors (Lipinski definition) is 8. The molecule has 1 aliphatic carbocycles. The maximum absolute atomic E-state index is 14.3. The smallest absolute Gasteiger partial charge is 0.293 e. The first-order chi connectivity index (χ1) is 22.0. The number of hydrogen-bond donors (Lipinski definition) is 0. The molecule has 10 heteroatoms.